The topological polar surface area (TPSA) is 82.7 Å². The van der Waals surface area contributed by atoms with Gasteiger partial charge in [0.15, 0.2) is 0 Å². The minimum Gasteiger partial charge on any atom is -0.497 e. The van der Waals surface area contributed by atoms with Crippen LogP contribution in [0.2, 0.25) is 0 Å². The number of carbonyl (C=O) groups excluding carboxylic acids is 2. The highest BCUT2D eigenvalue weighted by atomic mass is 16.5. The minimum atomic E-state index is -0.238. The maximum atomic E-state index is 12.7. The molecule has 1 fully saturated rings. The summed E-state index contributed by atoms with van der Waals surface area (Å²) in [5.41, 5.74) is 3.47. The fraction of sp³-hybridized carbons (Fsp3) is 0.231. The molecule has 1 saturated heterocycles. The van der Waals surface area contributed by atoms with Crippen LogP contribution >= 0.6 is 0 Å². The van der Waals surface area contributed by atoms with Gasteiger partial charge < -0.3 is 25.6 Å². The molecule has 7 heteroatoms. The standard InChI is InChI=1S/C26H28N4O3/c1-33-22-11-7-10-21(18-22)28-26(32)30-16-14-20(15-17-30)27-25(31)29-24-13-6-5-12-23(24)19-8-3-2-4-9-19/h2-13,18,20H,14-17H2,1H3,(H,28,32)(H2,27,29,31). The van der Waals surface area contributed by atoms with Gasteiger partial charge in [0, 0.05) is 36.4 Å². The Bertz CT molecular complexity index is 1100. The molecule has 0 radical (unpaired) electrons. The number of rotatable bonds is 5. The van der Waals surface area contributed by atoms with E-state index >= 15 is 0 Å². The van der Waals surface area contributed by atoms with Crippen LogP contribution in [0.5, 0.6) is 5.75 Å². The van der Waals surface area contributed by atoms with Gasteiger partial charge in [-0.2, -0.15) is 0 Å². The third-order valence-electron chi connectivity index (χ3n) is 5.70. The van der Waals surface area contributed by atoms with Gasteiger partial charge in [0.05, 0.1) is 12.8 Å². The van der Waals surface area contributed by atoms with E-state index in [0.29, 0.717) is 37.4 Å². The van der Waals surface area contributed by atoms with Crippen LogP contribution < -0.4 is 20.7 Å². The van der Waals surface area contributed by atoms with Gasteiger partial charge in [0.25, 0.3) is 0 Å². The van der Waals surface area contributed by atoms with Crippen LogP contribution in [0.15, 0.2) is 78.9 Å². The third-order valence-corrected chi connectivity index (χ3v) is 5.70. The first kappa shape index (κ1) is 22.2. The molecule has 1 heterocycles. The zero-order valence-electron chi connectivity index (χ0n) is 18.6. The molecule has 0 spiro atoms. The summed E-state index contributed by atoms with van der Waals surface area (Å²) in [7, 11) is 1.59. The molecule has 1 aliphatic rings. The molecule has 1 aliphatic heterocycles. The number of likely N-dealkylation sites (tertiary alicyclic amines) is 1. The maximum Gasteiger partial charge on any atom is 0.321 e. The Balaban J connectivity index is 1.28. The molecule has 0 unspecified atom stereocenters. The molecule has 0 aromatic heterocycles. The molecule has 0 bridgehead atoms. The highest BCUT2D eigenvalue weighted by Gasteiger charge is 2.24. The Morgan fingerprint density at radius 2 is 1.61 bits per heavy atom. The van der Waals surface area contributed by atoms with Crippen molar-refractivity contribution in [3.05, 3.63) is 78.9 Å². The first-order valence-electron chi connectivity index (χ1n) is 11.0. The van der Waals surface area contributed by atoms with Crippen LogP contribution in [0.3, 0.4) is 0 Å². The maximum absolute atomic E-state index is 12.7. The summed E-state index contributed by atoms with van der Waals surface area (Å²) in [4.78, 5) is 27.0. The van der Waals surface area contributed by atoms with Crippen molar-refractivity contribution in [2.75, 3.05) is 30.8 Å². The smallest absolute Gasteiger partial charge is 0.321 e. The quantitative estimate of drug-likeness (QED) is 0.507. The van der Waals surface area contributed by atoms with E-state index in [9.17, 15) is 9.59 Å². The number of carbonyl (C=O) groups is 2. The summed E-state index contributed by atoms with van der Waals surface area (Å²) < 4.78 is 5.20. The van der Waals surface area contributed by atoms with Crippen molar-refractivity contribution in [3.63, 3.8) is 0 Å². The predicted octanol–water partition coefficient (Wildman–Crippen LogP) is 5.18. The number of piperidine rings is 1. The number of amides is 4. The molecule has 33 heavy (non-hydrogen) atoms. The van der Waals surface area contributed by atoms with Gasteiger partial charge in [-0.15, -0.1) is 0 Å². The minimum absolute atomic E-state index is 0.00903. The average Bonchev–Trinajstić information content (AvgIpc) is 2.85. The molecule has 0 atom stereocenters. The van der Waals surface area contributed by atoms with Crippen molar-refractivity contribution in [2.24, 2.45) is 0 Å². The van der Waals surface area contributed by atoms with Gasteiger partial charge in [-0.25, -0.2) is 9.59 Å². The van der Waals surface area contributed by atoms with Crippen molar-refractivity contribution in [2.45, 2.75) is 18.9 Å². The summed E-state index contributed by atoms with van der Waals surface area (Å²) in [6.07, 6.45) is 1.39. The number of methoxy groups -OCH3 is 1. The van der Waals surface area contributed by atoms with Gasteiger partial charge in [-0.1, -0.05) is 54.6 Å². The van der Waals surface area contributed by atoms with Crippen molar-refractivity contribution in [3.8, 4) is 16.9 Å². The highest BCUT2D eigenvalue weighted by molar-refractivity contribution is 5.94. The number of hydrogen-bond donors (Lipinski definition) is 3. The first-order chi connectivity index (χ1) is 16.1. The number of nitrogens with one attached hydrogen (secondary N) is 3. The molecule has 4 rings (SSSR count). The number of ether oxygens (including phenoxy) is 1. The first-order valence-corrected chi connectivity index (χ1v) is 11.0. The monoisotopic (exact) mass is 444 g/mol. The lowest BCUT2D eigenvalue weighted by atomic mass is 10.0. The molecule has 0 aliphatic carbocycles. The summed E-state index contributed by atoms with van der Waals surface area (Å²) in [5.74, 6) is 0.690. The number of para-hydroxylation sites is 1. The second-order valence-electron chi connectivity index (χ2n) is 7.93. The molecular formula is C26H28N4O3. The van der Waals surface area contributed by atoms with Crippen LogP contribution in [0, 0.1) is 0 Å². The zero-order valence-corrected chi connectivity index (χ0v) is 18.6. The normalized spacial score (nSPS) is 13.8. The SMILES string of the molecule is COc1cccc(NC(=O)N2CCC(NC(=O)Nc3ccccc3-c3ccccc3)CC2)c1. The van der Waals surface area contributed by atoms with Crippen LogP contribution in [0.1, 0.15) is 12.8 Å². The fourth-order valence-corrected chi connectivity index (χ4v) is 3.94. The molecule has 3 aromatic rings. The van der Waals surface area contributed by atoms with Gasteiger partial charge in [0.1, 0.15) is 5.75 Å². The van der Waals surface area contributed by atoms with E-state index in [1.165, 1.54) is 0 Å². The van der Waals surface area contributed by atoms with Crippen molar-refractivity contribution in [1.29, 1.82) is 0 Å². The zero-order chi connectivity index (χ0) is 23.0. The molecular weight excluding hydrogens is 416 g/mol. The summed E-state index contributed by atoms with van der Waals surface area (Å²) in [5, 5.41) is 8.93. The second kappa shape index (κ2) is 10.5. The number of nitrogens with zero attached hydrogens (tertiary/aromatic N) is 1. The van der Waals surface area contributed by atoms with E-state index in [0.717, 1.165) is 16.8 Å². The summed E-state index contributed by atoms with van der Waals surface area (Å²) in [6, 6.07) is 24.6. The number of anilines is 2. The van der Waals surface area contributed by atoms with E-state index in [1.807, 2.05) is 72.8 Å². The lowest BCUT2D eigenvalue weighted by Crippen LogP contribution is -2.48. The van der Waals surface area contributed by atoms with Gasteiger partial charge in [-0.05, 0) is 36.6 Å². The Morgan fingerprint density at radius 1 is 0.879 bits per heavy atom. The van der Waals surface area contributed by atoms with Crippen LogP contribution in [0.25, 0.3) is 11.1 Å². The third kappa shape index (κ3) is 5.83. The number of urea groups is 2. The van der Waals surface area contributed by atoms with Gasteiger partial charge in [-0.3, -0.25) is 0 Å². The molecule has 0 saturated carbocycles. The van der Waals surface area contributed by atoms with Crippen molar-refractivity contribution >= 4 is 23.4 Å². The molecule has 3 aromatic carbocycles. The van der Waals surface area contributed by atoms with E-state index in [-0.39, 0.29) is 18.1 Å². The molecule has 3 N–H and O–H groups in total. The summed E-state index contributed by atoms with van der Waals surface area (Å²) >= 11 is 0. The van der Waals surface area contributed by atoms with Crippen molar-refractivity contribution in [1.82, 2.24) is 10.2 Å². The fourth-order valence-electron chi connectivity index (χ4n) is 3.94. The van der Waals surface area contributed by atoms with E-state index in [4.69, 9.17) is 4.74 Å². The van der Waals surface area contributed by atoms with Crippen LogP contribution in [-0.2, 0) is 0 Å². The second-order valence-corrected chi connectivity index (χ2v) is 7.93. The van der Waals surface area contributed by atoms with Gasteiger partial charge in [0.2, 0.25) is 0 Å². The van der Waals surface area contributed by atoms with E-state index in [2.05, 4.69) is 16.0 Å². The Hall–Kier alpha value is -4.00. The lowest BCUT2D eigenvalue weighted by Gasteiger charge is -2.32. The molecule has 170 valence electrons. The largest absolute Gasteiger partial charge is 0.497 e. The molecule has 7 nitrogen and oxygen atoms in total. The van der Waals surface area contributed by atoms with Crippen molar-refractivity contribution < 1.29 is 14.3 Å². The van der Waals surface area contributed by atoms with E-state index < -0.39 is 0 Å². The lowest BCUT2D eigenvalue weighted by molar-refractivity contribution is 0.189. The predicted molar refractivity (Wildman–Crippen MR) is 131 cm³/mol. The van der Waals surface area contributed by atoms with Gasteiger partial charge >= 0.3 is 12.1 Å². The number of benzene rings is 3. The van der Waals surface area contributed by atoms with E-state index in [1.54, 1.807) is 18.1 Å². The number of hydrogen-bond acceptors (Lipinski definition) is 3. The Morgan fingerprint density at radius 3 is 2.36 bits per heavy atom. The Labute approximate surface area is 193 Å². The van der Waals surface area contributed by atoms with Crippen LogP contribution in [-0.4, -0.2) is 43.2 Å². The highest BCUT2D eigenvalue weighted by Crippen LogP contribution is 2.27. The summed E-state index contributed by atoms with van der Waals surface area (Å²) in [6.45, 7) is 1.14. The average molecular weight is 445 g/mol. The Kier molecular flexibility index (Phi) is 7.09. The van der Waals surface area contributed by atoms with Crippen LogP contribution in [0.4, 0.5) is 21.0 Å². The molecule has 4 amide bonds.